The van der Waals surface area contributed by atoms with E-state index in [0.717, 1.165) is 23.1 Å². The fourth-order valence-electron chi connectivity index (χ4n) is 7.48. The zero-order chi connectivity index (χ0) is 34.8. The van der Waals surface area contributed by atoms with E-state index < -0.39 is 35.2 Å². The Labute approximate surface area is 296 Å². The number of aromatic amines is 1. The second-order valence-corrected chi connectivity index (χ2v) is 17.3. The minimum absolute atomic E-state index is 0.242. The standard InChI is InChI=1S/C36H42Cl2N5O5P/c1-26-23-42(35(45)39-34(26)44)33-25-41(24-32(47-33)22-31-21-30(40(2)3)19-20-43(31)48-49(37,38)46)36(27-13-7-4-8-14-27,28-15-9-5-10-16-28)29-17-11-6-12-18-29/h4-18,23,30-33H,19-22,24-25H2,1-3H3,(H,39,44,45). The van der Waals surface area contributed by atoms with Crippen LogP contribution in [0.1, 0.15) is 47.7 Å². The van der Waals surface area contributed by atoms with Gasteiger partial charge in [-0.15, -0.1) is 0 Å². The molecule has 3 aromatic carbocycles. The molecule has 4 unspecified atom stereocenters. The molecule has 0 bridgehead atoms. The summed E-state index contributed by atoms with van der Waals surface area (Å²) in [6, 6.07) is 31.0. The van der Waals surface area contributed by atoms with E-state index in [1.807, 2.05) is 68.7 Å². The highest BCUT2D eigenvalue weighted by atomic mass is 35.9. The van der Waals surface area contributed by atoms with Gasteiger partial charge in [-0.3, -0.25) is 23.8 Å². The first-order valence-electron chi connectivity index (χ1n) is 16.5. The van der Waals surface area contributed by atoms with E-state index in [4.69, 9.17) is 31.8 Å². The van der Waals surface area contributed by atoms with Crippen LogP contribution in [0.5, 0.6) is 0 Å². The van der Waals surface area contributed by atoms with Crippen molar-refractivity contribution in [2.75, 3.05) is 33.7 Å². The molecule has 49 heavy (non-hydrogen) atoms. The number of aryl methyl sites for hydroxylation is 1. The van der Waals surface area contributed by atoms with E-state index in [1.54, 1.807) is 18.2 Å². The summed E-state index contributed by atoms with van der Waals surface area (Å²) in [5, 5.41) is 1.65. The molecule has 3 heterocycles. The van der Waals surface area contributed by atoms with Gasteiger partial charge in [-0.2, -0.15) is 5.06 Å². The molecule has 0 saturated carbocycles. The number of ether oxygens (including phenoxy) is 1. The van der Waals surface area contributed by atoms with Crippen molar-refractivity contribution in [1.82, 2.24) is 24.4 Å². The number of aromatic nitrogens is 2. The summed E-state index contributed by atoms with van der Waals surface area (Å²) in [4.78, 5) is 32.8. The molecule has 2 saturated heterocycles. The van der Waals surface area contributed by atoms with Gasteiger partial charge >= 0.3 is 11.8 Å². The Kier molecular flexibility index (Phi) is 11.0. The third kappa shape index (κ3) is 7.82. The Morgan fingerprint density at radius 3 is 1.98 bits per heavy atom. The summed E-state index contributed by atoms with van der Waals surface area (Å²) in [5.41, 5.74) is 1.78. The van der Waals surface area contributed by atoms with Crippen molar-refractivity contribution in [2.45, 2.75) is 56.1 Å². The van der Waals surface area contributed by atoms with Gasteiger partial charge in [0.2, 0.25) is 0 Å². The molecule has 2 aliphatic rings. The van der Waals surface area contributed by atoms with E-state index in [9.17, 15) is 14.2 Å². The molecule has 10 nitrogen and oxygen atoms in total. The first-order valence-corrected chi connectivity index (χ1v) is 19.9. The first kappa shape index (κ1) is 35.8. The van der Waals surface area contributed by atoms with Crippen LogP contribution < -0.4 is 11.2 Å². The van der Waals surface area contributed by atoms with Gasteiger partial charge < -0.3 is 9.64 Å². The smallest absolute Gasteiger partial charge is 0.352 e. The topological polar surface area (TPSA) is 100 Å². The van der Waals surface area contributed by atoms with Crippen LogP contribution in [0.3, 0.4) is 0 Å². The van der Waals surface area contributed by atoms with Crippen LogP contribution in [0.15, 0.2) is 107 Å². The van der Waals surface area contributed by atoms with Crippen LogP contribution in [0.4, 0.5) is 0 Å². The zero-order valence-electron chi connectivity index (χ0n) is 27.8. The maximum absolute atomic E-state index is 13.4. The predicted octanol–water partition coefficient (Wildman–Crippen LogP) is 6.34. The highest BCUT2D eigenvalue weighted by molar-refractivity contribution is 8.05. The minimum atomic E-state index is -3.88. The number of piperidine rings is 1. The van der Waals surface area contributed by atoms with Gasteiger partial charge in [-0.05, 0) is 79.5 Å². The van der Waals surface area contributed by atoms with Crippen LogP contribution in [0.25, 0.3) is 0 Å². The average molecular weight is 727 g/mol. The molecule has 6 rings (SSSR count). The van der Waals surface area contributed by atoms with Crippen molar-refractivity contribution >= 4 is 28.6 Å². The molecule has 4 aromatic rings. The van der Waals surface area contributed by atoms with E-state index in [2.05, 4.69) is 51.2 Å². The first-order chi connectivity index (χ1) is 23.5. The largest absolute Gasteiger partial charge is 0.396 e. The summed E-state index contributed by atoms with van der Waals surface area (Å²) in [5.74, 6) is 0. The lowest BCUT2D eigenvalue weighted by atomic mass is 9.75. The van der Waals surface area contributed by atoms with Gasteiger partial charge in [0.25, 0.3) is 5.56 Å². The van der Waals surface area contributed by atoms with Crippen molar-refractivity contribution in [3.8, 4) is 0 Å². The summed E-state index contributed by atoms with van der Waals surface area (Å²) in [6.45, 7) is 2.95. The van der Waals surface area contributed by atoms with Crippen LogP contribution in [-0.2, 0) is 19.5 Å². The van der Waals surface area contributed by atoms with Crippen LogP contribution >= 0.6 is 28.6 Å². The van der Waals surface area contributed by atoms with E-state index >= 15 is 0 Å². The van der Waals surface area contributed by atoms with E-state index in [1.165, 1.54) is 4.57 Å². The third-order valence-electron chi connectivity index (χ3n) is 9.75. The molecule has 13 heteroatoms. The summed E-state index contributed by atoms with van der Waals surface area (Å²) < 4.78 is 26.4. The number of benzene rings is 3. The fraction of sp³-hybridized carbons (Fsp3) is 0.389. The Morgan fingerprint density at radius 2 is 1.47 bits per heavy atom. The van der Waals surface area contributed by atoms with Crippen molar-refractivity contribution in [3.05, 3.63) is 140 Å². The Morgan fingerprint density at radius 1 is 0.918 bits per heavy atom. The second kappa shape index (κ2) is 15.1. The molecule has 0 amide bonds. The number of morpholine rings is 1. The van der Waals surface area contributed by atoms with Gasteiger partial charge in [0.15, 0.2) is 6.23 Å². The highest BCUT2D eigenvalue weighted by Gasteiger charge is 2.47. The Hall–Kier alpha value is -3.05. The van der Waals surface area contributed by atoms with Gasteiger partial charge in [-0.25, -0.2) is 9.42 Å². The number of hydrogen-bond acceptors (Lipinski definition) is 8. The maximum Gasteiger partial charge on any atom is 0.396 e. The summed E-state index contributed by atoms with van der Waals surface area (Å²) in [7, 11) is 4.08. The number of hydroxylamine groups is 2. The SMILES string of the molecule is Cc1cn(C2CN(C(c3ccccc3)(c3ccccc3)c3ccccc3)CC(CC3CC(N(C)C)CCN3OP(=O)(Cl)Cl)O2)c(=O)[nH]c1=O. The molecular formula is C36H42Cl2N5O5P. The lowest BCUT2D eigenvalue weighted by Crippen LogP contribution is -2.58. The number of halogens is 2. The molecule has 2 fully saturated rings. The molecule has 1 aromatic heterocycles. The minimum Gasteiger partial charge on any atom is -0.352 e. The van der Waals surface area contributed by atoms with Gasteiger partial charge in [0, 0.05) is 43.5 Å². The molecule has 0 radical (unpaired) electrons. The number of nitrogens with one attached hydrogen (secondary N) is 1. The Balaban J connectivity index is 1.50. The number of nitrogens with zero attached hydrogens (tertiary/aromatic N) is 4. The Bertz CT molecular complexity index is 1770. The maximum atomic E-state index is 13.4. The van der Waals surface area contributed by atoms with E-state index in [-0.39, 0.29) is 12.1 Å². The van der Waals surface area contributed by atoms with Gasteiger partial charge in [0.1, 0.15) is 0 Å². The molecule has 0 spiro atoms. The molecular weight excluding hydrogens is 684 g/mol. The van der Waals surface area contributed by atoms with E-state index in [0.29, 0.717) is 38.0 Å². The number of rotatable bonds is 10. The fourth-order valence-corrected chi connectivity index (χ4v) is 8.42. The van der Waals surface area contributed by atoms with Crippen LogP contribution in [-0.4, -0.2) is 76.3 Å². The molecule has 0 aliphatic carbocycles. The molecule has 2 aliphatic heterocycles. The van der Waals surface area contributed by atoms with Gasteiger partial charge in [-0.1, -0.05) is 91.0 Å². The monoisotopic (exact) mass is 725 g/mol. The normalized spacial score (nSPS) is 22.7. The lowest BCUT2D eigenvalue weighted by molar-refractivity contribution is -0.170. The van der Waals surface area contributed by atoms with Crippen molar-refractivity contribution in [1.29, 1.82) is 0 Å². The van der Waals surface area contributed by atoms with Gasteiger partial charge in [0.05, 0.1) is 11.6 Å². The van der Waals surface area contributed by atoms with Crippen LogP contribution in [0.2, 0.25) is 0 Å². The number of hydrogen-bond donors (Lipinski definition) is 1. The summed E-state index contributed by atoms with van der Waals surface area (Å²) >= 11 is 11.9. The molecule has 1 N–H and O–H groups in total. The summed E-state index contributed by atoms with van der Waals surface area (Å²) in [6.07, 6.45) is -1.56. The third-order valence-corrected chi connectivity index (χ3v) is 10.5. The lowest BCUT2D eigenvalue weighted by Gasteiger charge is -2.51. The van der Waals surface area contributed by atoms with Crippen molar-refractivity contribution in [2.24, 2.45) is 0 Å². The second-order valence-electron chi connectivity index (χ2n) is 13.1. The zero-order valence-corrected chi connectivity index (χ0v) is 30.2. The average Bonchev–Trinajstić information content (AvgIpc) is 3.08. The quantitative estimate of drug-likeness (QED) is 0.150. The van der Waals surface area contributed by atoms with Crippen molar-refractivity contribution < 1.29 is 13.9 Å². The molecule has 4 atom stereocenters. The highest BCUT2D eigenvalue weighted by Crippen LogP contribution is 2.59. The number of H-pyrrole nitrogens is 1. The van der Waals surface area contributed by atoms with Crippen molar-refractivity contribution in [3.63, 3.8) is 0 Å². The molecule has 260 valence electrons. The predicted molar refractivity (Wildman–Crippen MR) is 193 cm³/mol. The van der Waals surface area contributed by atoms with Crippen LogP contribution in [0, 0.1) is 6.92 Å².